The van der Waals surface area contributed by atoms with Crippen molar-refractivity contribution in [3.63, 3.8) is 0 Å². The van der Waals surface area contributed by atoms with E-state index in [0.717, 1.165) is 17.0 Å². The van der Waals surface area contributed by atoms with Crippen LogP contribution >= 0.6 is 23.4 Å². The minimum Gasteiger partial charge on any atom is -0.454 e. The van der Waals surface area contributed by atoms with Crippen molar-refractivity contribution in [3.05, 3.63) is 59.1 Å². The molecule has 0 aromatic heterocycles. The number of hydrogen-bond acceptors (Lipinski definition) is 5. The van der Waals surface area contributed by atoms with Crippen molar-refractivity contribution >= 4 is 46.2 Å². The Morgan fingerprint density at radius 3 is 2.74 bits per heavy atom. The van der Waals surface area contributed by atoms with E-state index in [2.05, 4.69) is 4.99 Å². The first-order valence-electron chi connectivity index (χ1n) is 8.48. The molecule has 0 bridgehead atoms. The first-order chi connectivity index (χ1) is 13.1. The van der Waals surface area contributed by atoms with Crippen LogP contribution < -0.4 is 14.4 Å². The lowest BCUT2D eigenvalue weighted by molar-refractivity contribution is -0.113. The van der Waals surface area contributed by atoms with Gasteiger partial charge in [0.1, 0.15) is 0 Å². The maximum atomic E-state index is 13.0. The van der Waals surface area contributed by atoms with E-state index in [1.807, 2.05) is 37.3 Å². The molecule has 0 spiro atoms. The van der Waals surface area contributed by atoms with E-state index in [4.69, 9.17) is 21.1 Å². The van der Waals surface area contributed by atoms with Gasteiger partial charge >= 0.3 is 0 Å². The van der Waals surface area contributed by atoms with E-state index in [-0.39, 0.29) is 18.7 Å². The van der Waals surface area contributed by atoms with E-state index < -0.39 is 0 Å². The van der Waals surface area contributed by atoms with E-state index in [1.54, 1.807) is 34.9 Å². The summed E-state index contributed by atoms with van der Waals surface area (Å²) >= 11 is 7.57. The maximum Gasteiger partial charge on any atom is 0.257 e. The van der Waals surface area contributed by atoms with Gasteiger partial charge in [-0.05, 0) is 55.0 Å². The third-order valence-electron chi connectivity index (χ3n) is 4.10. The van der Waals surface area contributed by atoms with Crippen LogP contribution in [0.2, 0.25) is 5.02 Å². The highest BCUT2D eigenvalue weighted by Gasteiger charge is 2.25. The van der Waals surface area contributed by atoms with Gasteiger partial charge in [0.2, 0.25) is 6.79 Å². The summed E-state index contributed by atoms with van der Waals surface area (Å²) in [5.41, 5.74) is 1.60. The minimum atomic E-state index is -0.171. The molecular formula is C20H17ClN2O3S. The summed E-state index contributed by atoms with van der Waals surface area (Å²) in [6, 6.07) is 12.9. The van der Waals surface area contributed by atoms with Gasteiger partial charge in [-0.1, -0.05) is 29.4 Å². The van der Waals surface area contributed by atoms with Gasteiger partial charge in [0.25, 0.3) is 5.91 Å². The fourth-order valence-corrected chi connectivity index (χ4v) is 3.93. The largest absolute Gasteiger partial charge is 0.454 e. The summed E-state index contributed by atoms with van der Waals surface area (Å²) in [6.07, 6.45) is 3.30. The van der Waals surface area contributed by atoms with Crippen LogP contribution in [0.25, 0.3) is 6.08 Å². The van der Waals surface area contributed by atoms with Gasteiger partial charge in [-0.15, -0.1) is 0 Å². The number of benzene rings is 2. The summed E-state index contributed by atoms with van der Waals surface area (Å²) in [5, 5.41) is 1.32. The average Bonchev–Trinajstić information content (AvgIpc) is 3.30. The van der Waals surface area contributed by atoms with Crippen LogP contribution in [0.5, 0.6) is 11.5 Å². The van der Waals surface area contributed by atoms with E-state index >= 15 is 0 Å². The molecule has 5 nitrogen and oxygen atoms in total. The van der Waals surface area contributed by atoms with Crippen molar-refractivity contribution < 1.29 is 14.3 Å². The molecule has 2 aliphatic rings. The number of ether oxygens (including phenoxy) is 2. The molecule has 27 heavy (non-hydrogen) atoms. The topological polar surface area (TPSA) is 51.1 Å². The number of aliphatic imine (C=N–C) groups is 1. The molecule has 1 atom stereocenters. The molecule has 2 heterocycles. The van der Waals surface area contributed by atoms with Crippen molar-refractivity contribution in [3.8, 4) is 11.5 Å². The van der Waals surface area contributed by atoms with Crippen molar-refractivity contribution in [1.82, 2.24) is 0 Å². The molecular weight excluding hydrogens is 384 g/mol. The lowest BCUT2D eigenvalue weighted by Gasteiger charge is -2.20. The Morgan fingerprint density at radius 2 is 2.00 bits per heavy atom. The Morgan fingerprint density at radius 1 is 1.22 bits per heavy atom. The lowest BCUT2D eigenvalue weighted by atomic mass is 10.2. The molecule has 2 aromatic carbocycles. The number of thioether (sulfide) groups is 1. The average molecular weight is 401 g/mol. The standard InChI is InChI=1S/C20H17ClN2O3S/c1-13-11-27-20(22-13)23(16-6-4-15(21)5-7-16)19(24)9-3-14-2-8-17-18(10-14)26-12-25-17/h2-10,13H,11-12H2,1H3/b9-3+/t13-/m0/s1. The van der Waals surface area contributed by atoms with Crippen LogP contribution in [-0.4, -0.2) is 29.7 Å². The van der Waals surface area contributed by atoms with Gasteiger partial charge in [-0.25, -0.2) is 0 Å². The number of carbonyl (C=O) groups is 1. The Hall–Kier alpha value is -2.44. The zero-order valence-corrected chi connectivity index (χ0v) is 16.2. The molecule has 4 rings (SSSR count). The van der Waals surface area contributed by atoms with Crippen LogP contribution in [-0.2, 0) is 4.79 Å². The van der Waals surface area contributed by atoms with Crippen LogP contribution in [0.3, 0.4) is 0 Å². The summed E-state index contributed by atoms with van der Waals surface area (Å²) in [4.78, 5) is 19.2. The minimum absolute atomic E-state index is 0.171. The number of anilines is 1. The number of halogens is 1. The summed E-state index contributed by atoms with van der Waals surface area (Å²) in [7, 11) is 0. The van der Waals surface area contributed by atoms with Crippen LogP contribution in [0.15, 0.2) is 53.5 Å². The van der Waals surface area contributed by atoms with Crippen molar-refractivity contribution in [1.29, 1.82) is 0 Å². The number of hydrogen-bond donors (Lipinski definition) is 0. The van der Waals surface area contributed by atoms with Crippen LogP contribution in [0, 0.1) is 0 Å². The van der Waals surface area contributed by atoms with E-state index in [0.29, 0.717) is 21.7 Å². The molecule has 0 fully saturated rings. The SMILES string of the molecule is C[C@H]1CSC(N(C(=O)/C=C/c2ccc3c(c2)OCO3)c2ccc(Cl)cc2)=N1. The molecule has 0 aliphatic carbocycles. The monoisotopic (exact) mass is 400 g/mol. The zero-order valence-electron chi connectivity index (χ0n) is 14.6. The predicted octanol–water partition coefficient (Wildman–Crippen LogP) is 4.61. The zero-order chi connectivity index (χ0) is 18.8. The van der Waals surface area contributed by atoms with Crippen LogP contribution in [0.4, 0.5) is 5.69 Å². The van der Waals surface area contributed by atoms with Gasteiger partial charge in [-0.3, -0.25) is 14.7 Å². The highest BCUT2D eigenvalue weighted by Crippen LogP contribution is 2.33. The molecule has 2 aromatic rings. The molecule has 0 saturated heterocycles. The molecule has 0 saturated carbocycles. The first kappa shape index (κ1) is 17.9. The summed E-state index contributed by atoms with van der Waals surface area (Å²) in [6.45, 7) is 2.26. The maximum absolute atomic E-state index is 13.0. The number of amidine groups is 1. The molecule has 1 amide bonds. The number of nitrogens with zero attached hydrogens (tertiary/aromatic N) is 2. The van der Waals surface area contributed by atoms with Gasteiger partial charge in [0.05, 0.1) is 11.7 Å². The molecule has 2 aliphatic heterocycles. The van der Waals surface area contributed by atoms with Crippen molar-refractivity contribution in [2.24, 2.45) is 4.99 Å². The third-order valence-corrected chi connectivity index (χ3v) is 5.54. The van der Waals surface area contributed by atoms with Gasteiger partial charge < -0.3 is 9.47 Å². The molecule has 0 radical (unpaired) electrons. The lowest BCUT2D eigenvalue weighted by Crippen LogP contribution is -2.33. The van der Waals surface area contributed by atoms with Gasteiger partial charge in [-0.2, -0.15) is 0 Å². The summed E-state index contributed by atoms with van der Waals surface area (Å²) < 4.78 is 10.7. The number of fused-ring (bicyclic) bond motifs is 1. The normalized spacial score (nSPS) is 18.0. The van der Waals surface area contributed by atoms with Gasteiger partial charge in [0, 0.05) is 16.9 Å². The highest BCUT2D eigenvalue weighted by atomic mass is 35.5. The fraction of sp³-hybridized carbons (Fsp3) is 0.200. The number of rotatable bonds is 3. The molecule has 7 heteroatoms. The second kappa shape index (κ2) is 7.66. The second-order valence-electron chi connectivity index (χ2n) is 6.17. The van der Waals surface area contributed by atoms with Gasteiger partial charge in [0.15, 0.2) is 16.7 Å². The second-order valence-corrected chi connectivity index (χ2v) is 7.59. The Labute approximate surface area is 166 Å². The predicted molar refractivity (Wildman–Crippen MR) is 110 cm³/mol. The first-order valence-corrected chi connectivity index (χ1v) is 9.84. The van der Waals surface area contributed by atoms with Crippen molar-refractivity contribution in [2.45, 2.75) is 13.0 Å². The number of amides is 1. The van der Waals surface area contributed by atoms with E-state index in [9.17, 15) is 4.79 Å². The quantitative estimate of drug-likeness (QED) is 0.706. The Balaban J connectivity index is 1.60. The van der Waals surface area contributed by atoms with E-state index in [1.165, 1.54) is 6.08 Å². The van der Waals surface area contributed by atoms with Crippen molar-refractivity contribution in [2.75, 3.05) is 17.4 Å². The smallest absolute Gasteiger partial charge is 0.257 e. The molecule has 0 N–H and O–H groups in total. The Bertz CT molecular complexity index is 927. The Kier molecular flexibility index (Phi) is 5.09. The third kappa shape index (κ3) is 3.96. The number of carbonyl (C=O) groups excluding carboxylic acids is 1. The van der Waals surface area contributed by atoms with Crippen LogP contribution in [0.1, 0.15) is 12.5 Å². The summed E-state index contributed by atoms with van der Waals surface area (Å²) in [5.74, 6) is 2.09. The highest BCUT2D eigenvalue weighted by molar-refractivity contribution is 8.14. The molecule has 138 valence electrons. The molecule has 0 unspecified atom stereocenters. The fourth-order valence-electron chi connectivity index (χ4n) is 2.76.